The lowest BCUT2D eigenvalue weighted by atomic mass is 10.1. The molecule has 0 aromatic rings. The van der Waals surface area contributed by atoms with Gasteiger partial charge in [0.15, 0.2) is 9.84 Å². The summed E-state index contributed by atoms with van der Waals surface area (Å²) in [5, 5.41) is 2.72. The van der Waals surface area contributed by atoms with E-state index in [4.69, 9.17) is 10.5 Å². The van der Waals surface area contributed by atoms with Crippen LogP contribution in [-0.4, -0.2) is 51.6 Å². The van der Waals surface area contributed by atoms with E-state index in [0.29, 0.717) is 32.3 Å². The second-order valence-electron chi connectivity index (χ2n) is 4.70. The van der Waals surface area contributed by atoms with Gasteiger partial charge < -0.3 is 15.8 Å². The van der Waals surface area contributed by atoms with Crippen molar-refractivity contribution < 1.29 is 17.9 Å². The molecule has 1 amide bonds. The summed E-state index contributed by atoms with van der Waals surface area (Å²) in [6.45, 7) is 0.568. The molecule has 0 spiro atoms. The summed E-state index contributed by atoms with van der Waals surface area (Å²) < 4.78 is 27.7. The molecule has 0 aromatic heterocycles. The average Bonchev–Trinajstić information content (AvgIpc) is 2.27. The van der Waals surface area contributed by atoms with Crippen LogP contribution in [0.1, 0.15) is 25.7 Å². The third-order valence-electron chi connectivity index (χ3n) is 3.01. The van der Waals surface area contributed by atoms with Gasteiger partial charge in [-0.05, 0) is 25.7 Å². The fourth-order valence-corrected chi connectivity index (χ4v) is 3.66. The number of sulfone groups is 1. The van der Waals surface area contributed by atoms with E-state index in [2.05, 4.69) is 5.32 Å². The van der Waals surface area contributed by atoms with Crippen LogP contribution < -0.4 is 11.1 Å². The molecule has 1 heterocycles. The SMILES string of the molecule is COCCCC(N)C(=O)NC1CCCS(=O)(=O)C1. The smallest absolute Gasteiger partial charge is 0.237 e. The number of hydrogen-bond acceptors (Lipinski definition) is 5. The lowest BCUT2D eigenvalue weighted by Crippen LogP contribution is -2.49. The molecule has 0 radical (unpaired) electrons. The minimum atomic E-state index is -3.00. The molecule has 3 N–H and O–H groups in total. The Balaban J connectivity index is 2.35. The zero-order valence-electron chi connectivity index (χ0n) is 10.7. The highest BCUT2D eigenvalue weighted by molar-refractivity contribution is 7.91. The molecular formula is C11H22N2O4S. The zero-order chi connectivity index (χ0) is 13.6. The second-order valence-corrected chi connectivity index (χ2v) is 6.93. The monoisotopic (exact) mass is 278 g/mol. The first-order chi connectivity index (χ1) is 8.44. The minimum Gasteiger partial charge on any atom is -0.385 e. The number of methoxy groups -OCH3 is 1. The molecule has 1 aliphatic heterocycles. The van der Waals surface area contributed by atoms with Crippen molar-refractivity contribution in [3.8, 4) is 0 Å². The Morgan fingerprint density at radius 3 is 2.89 bits per heavy atom. The van der Waals surface area contributed by atoms with Crippen LogP contribution in [0, 0.1) is 0 Å². The Kier molecular flexibility index (Phi) is 6.04. The van der Waals surface area contributed by atoms with E-state index in [0.717, 1.165) is 0 Å². The van der Waals surface area contributed by atoms with Crippen LogP contribution in [0.3, 0.4) is 0 Å². The molecule has 2 atom stereocenters. The average molecular weight is 278 g/mol. The molecule has 0 bridgehead atoms. The molecule has 2 unspecified atom stereocenters. The number of nitrogens with two attached hydrogens (primary N) is 1. The highest BCUT2D eigenvalue weighted by atomic mass is 32.2. The summed E-state index contributed by atoms with van der Waals surface area (Å²) in [5.41, 5.74) is 5.73. The minimum absolute atomic E-state index is 0.0313. The van der Waals surface area contributed by atoms with Gasteiger partial charge in [-0.2, -0.15) is 0 Å². The van der Waals surface area contributed by atoms with Crippen LogP contribution in [0.2, 0.25) is 0 Å². The first kappa shape index (κ1) is 15.4. The van der Waals surface area contributed by atoms with Gasteiger partial charge in [-0.3, -0.25) is 4.79 Å². The Bertz CT molecular complexity index is 369. The summed E-state index contributed by atoms with van der Waals surface area (Å²) >= 11 is 0. The Morgan fingerprint density at radius 2 is 2.28 bits per heavy atom. The lowest BCUT2D eigenvalue weighted by molar-refractivity contribution is -0.123. The molecule has 1 rings (SSSR count). The van der Waals surface area contributed by atoms with Gasteiger partial charge in [-0.25, -0.2) is 8.42 Å². The van der Waals surface area contributed by atoms with E-state index < -0.39 is 15.9 Å². The number of ether oxygens (including phenoxy) is 1. The van der Waals surface area contributed by atoms with Crippen LogP contribution in [0.5, 0.6) is 0 Å². The molecule has 6 nitrogen and oxygen atoms in total. The maximum atomic E-state index is 11.7. The highest BCUT2D eigenvalue weighted by Gasteiger charge is 2.27. The molecular weight excluding hydrogens is 256 g/mol. The normalized spacial score (nSPS) is 24.4. The molecule has 106 valence electrons. The first-order valence-corrected chi connectivity index (χ1v) is 8.02. The zero-order valence-corrected chi connectivity index (χ0v) is 11.5. The van der Waals surface area contributed by atoms with Crippen molar-refractivity contribution in [3.05, 3.63) is 0 Å². The van der Waals surface area contributed by atoms with Crippen LogP contribution in [-0.2, 0) is 19.4 Å². The summed E-state index contributed by atoms with van der Waals surface area (Å²) in [6.07, 6.45) is 2.56. The molecule has 0 aliphatic carbocycles. The Morgan fingerprint density at radius 1 is 1.56 bits per heavy atom. The van der Waals surface area contributed by atoms with E-state index in [1.54, 1.807) is 7.11 Å². The third kappa shape index (κ3) is 5.32. The van der Waals surface area contributed by atoms with E-state index in [1.165, 1.54) is 0 Å². The van der Waals surface area contributed by atoms with Gasteiger partial charge in [0.05, 0.1) is 17.5 Å². The van der Waals surface area contributed by atoms with E-state index >= 15 is 0 Å². The largest absolute Gasteiger partial charge is 0.385 e. The van der Waals surface area contributed by atoms with Crippen molar-refractivity contribution in [2.75, 3.05) is 25.2 Å². The molecule has 1 fully saturated rings. The summed E-state index contributed by atoms with van der Waals surface area (Å²) in [6, 6.07) is -0.880. The number of amides is 1. The van der Waals surface area contributed by atoms with Gasteiger partial charge in [0.1, 0.15) is 0 Å². The van der Waals surface area contributed by atoms with Gasteiger partial charge in [0, 0.05) is 19.8 Å². The number of rotatable bonds is 6. The first-order valence-electron chi connectivity index (χ1n) is 6.20. The number of carbonyl (C=O) groups excluding carboxylic acids is 1. The molecule has 0 aromatic carbocycles. The summed E-state index contributed by atoms with van der Waals surface area (Å²) in [5.74, 6) is -0.0174. The second kappa shape index (κ2) is 7.06. The van der Waals surface area contributed by atoms with Crippen molar-refractivity contribution >= 4 is 15.7 Å². The van der Waals surface area contributed by atoms with Crippen LogP contribution in [0.4, 0.5) is 0 Å². The third-order valence-corrected chi connectivity index (χ3v) is 4.83. The number of nitrogens with one attached hydrogen (secondary N) is 1. The number of hydrogen-bond donors (Lipinski definition) is 2. The van der Waals surface area contributed by atoms with Gasteiger partial charge in [-0.1, -0.05) is 0 Å². The van der Waals surface area contributed by atoms with Crippen molar-refractivity contribution in [1.82, 2.24) is 5.32 Å². The maximum absolute atomic E-state index is 11.7. The molecule has 18 heavy (non-hydrogen) atoms. The molecule has 7 heteroatoms. The Hall–Kier alpha value is -0.660. The van der Waals surface area contributed by atoms with Crippen LogP contribution >= 0.6 is 0 Å². The van der Waals surface area contributed by atoms with Crippen molar-refractivity contribution in [2.24, 2.45) is 5.73 Å². The predicted molar refractivity (Wildman–Crippen MR) is 68.9 cm³/mol. The molecule has 0 saturated carbocycles. The maximum Gasteiger partial charge on any atom is 0.237 e. The van der Waals surface area contributed by atoms with Crippen LogP contribution in [0.15, 0.2) is 0 Å². The quantitative estimate of drug-likeness (QED) is 0.634. The lowest BCUT2D eigenvalue weighted by Gasteiger charge is -2.24. The number of carbonyl (C=O) groups is 1. The van der Waals surface area contributed by atoms with Gasteiger partial charge in [0.25, 0.3) is 0 Å². The fraction of sp³-hybridized carbons (Fsp3) is 0.909. The molecule has 1 aliphatic rings. The van der Waals surface area contributed by atoms with Gasteiger partial charge in [0.2, 0.25) is 5.91 Å². The van der Waals surface area contributed by atoms with E-state index in [9.17, 15) is 13.2 Å². The van der Waals surface area contributed by atoms with E-state index in [-0.39, 0.29) is 23.5 Å². The standard InChI is InChI=1S/C11H22N2O4S/c1-17-6-2-5-10(12)11(14)13-9-4-3-7-18(15,16)8-9/h9-10H,2-8,12H2,1H3,(H,13,14). The van der Waals surface area contributed by atoms with Gasteiger partial charge in [-0.15, -0.1) is 0 Å². The topological polar surface area (TPSA) is 98.5 Å². The predicted octanol–water partition coefficient (Wildman–Crippen LogP) is -0.566. The fourth-order valence-electron chi connectivity index (χ4n) is 2.02. The summed E-state index contributed by atoms with van der Waals surface area (Å²) in [4.78, 5) is 11.7. The van der Waals surface area contributed by atoms with Crippen molar-refractivity contribution in [1.29, 1.82) is 0 Å². The van der Waals surface area contributed by atoms with Crippen molar-refractivity contribution in [2.45, 2.75) is 37.8 Å². The Labute approximate surface area is 108 Å². The summed E-state index contributed by atoms with van der Waals surface area (Å²) in [7, 11) is -1.40. The molecule has 1 saturated heterocycles. The highest BCUT2D eigenvalue weighted by Crippen LogP contribution is 2.12. The van der Waals surface area contributed by atoms with Gasteiger partial charge >= 0.3 is 0 Å². The van der Waals surface area contributed by atoms with E-state index in [1.807, 2.05) is 0 Å². The van der Waals surface area contributed by atoms with Crippen LogP contribution in [0.25, 0.3) is 0 Å². The van der Waals surface area contributed by atoms with Crippen molar-refractivity contribution in [3.63, 3.8) is 0 Å².